The lowest BCUT2D eigenvalue weighted by atomic mass is 10.3. The fraction of sp³-hybridized carbons (Fsp3) is 0.222. The maximum absolute atomic E-state index is 10.8. The molecule has 0 N–H and O–H groups in total. The minimum Gasteiger partial charge on any atom is -0.530 e. The van der Waals surface area contributed by atoms with E-state index in [1.807, 2.05) is 0 Å². The van der Waals surface area contributed by atoms with Crippen LogP contribution in [0.25, 0.3) is 0 Å². The number of amides is 1. The molecule has 0 saturated heterocycles. The molecule has 0 aliphatic rings. The van der Waals surface area contributed by atoms with Gasteiger partial charge in [-0.2, -0.15) is 0 Å². The fourth-order valence-corrected chi connectivity index (χ4v) is 1.65. The number of hydrogen-bond acceptors (Lipinski definition) is 2. The first-order chi connectivity index (χ1) is 6.65. The molecule has 1 aromatic carbocycles. The Morgan fingerprint density at radius 1 is 1.36 bits per heavy atom. The van der Waals surface area contributed by atoms with E-state index >= 15 is 0 Å². The van der Waals surface area contributed by atoms with E-state index in [0.717, 1.165) is 4.47 Å². The number of halogens is 2. The van der Waals surface area contributed by atoms with Crippen molar-refractivity contribution in [3.63, 3.8) is 0 Å². The van der Waals surface area contributed by atoms with Crippen LogP contribution in [0.15, 0.2) is 28.7 Å². The summed E-state index contributed by atoms with van der Waals surface area (Å²) in [7, 11) is 0. The van der Waals surface area contributed by atoms with Gasteiger partial charge in [0.15, 0.2) is 0 Å². The second-order valence-electron chi connectivity index (χ2n) is 2.58. The van der Waals surface area contributed by atoms with Crippen molar-refractivity contribution in [1.82, 2.24) is 0 Å². The van der Waals surface area contributed by atoms with E-state index < -0.39 is 6.09 Å². The lowest BCUT2D eigenvalue weighted by Crippen LogP contribution is -2.42. The van der Waals surface area contributed by atoms with Gasteiger partial charge in [-0.25, -0.2) is 0 Å². The average Bonchev–Trinajstić information content (AvgIpc) is 2.15. The van der Waals surface area contributed by atoms with Crippen molar-refractivity contribution in [2.45, 2.75) is 0 Å². The minimum atomic E-state index is -1.19. The molecule has 0 aliphatic carbocycles. The molecule has 14 heavy (non-hydrogen) atoms. The Labute approximate surface area is 99.0 Å². The Kier molecular flexibility index (Phi) is 4.41. The summed E-state index contributed by atoms with van der Waals surface area (Å²) in [5, 5.41) is 11.3. The first kappa shape index (κ1) is 11.5. The third-order valence-corrected chi connectivity index (χ3v) is 2.55. The normalized spacial score (nSPS) is 9.86. The first-order valence-electron chi connectivity index (χ1n) is 3.95. The van der Waals surface area contributed by atoms with Crippen molar-refractivity contribution >= 4 is 43.6 Å². The monoisotopic (exact) mass is 320 g/mol. The molecular formula is C9H8Br2NO2-. The van der Waals surface area contributed by atoms with Gasteiger partial charge in [-0.1, -0.05) is 31.9 Å². The zero-order valence-electron chi connectivity index (χ0n) is 7.24. The highest BCUT2D eigenvalue weighted by molar-refractivity contribution is 9.10. The topological polar surface area (TPSA) is 43.4 Å². The number of rotatable bonds is 3. The maximum atomic E-state index is 10.8. The minimum absolute atomic E-state index is 0.379. The third kappa shape index (κ3) is 2.99. The molecule has 0 spiro atoms. The van der Waals surface area contributed by atoms with E-state index in [1.165, 1.54) is 4.90 Å². The summed E-state index contributed by atoms with van der Waals surface area (Å²) in [6.45, 7) is 0.379. The quantitative estimate of drug-likeness (QED) is 0.799. The second-order valence-corrected chi connectivity index (χ2v) is 4.29. The molecule has 0 heterocycles. The van der Waals surface area contributed by atoms with Gasteiger partial charge in [0, 0.05) is 22.0 Å². The van der Waals surface area contributed by atoms with Gasteiger partial charge in [-0.15, -0.1) is 0 Å². The SMILES string of the molecule is O=C([O-])N(CCBr)c1ccc(Br)cc1. The van der Waals surface area contributed by atoms with E-state index in [-0.39, 0.29) is 0 Å². The van der Waals surface area contributed by atoms with Gasteiger partial charge in [0.05, 0.1) is 0 Å². The molecule has 0 radical (unpaired) electrons. The Bertz CT molecular complexity index is 313. The van der Waals surface area contributed by atoms with Crippen LogP contribution in [0, 0.1) is 0 Å². The van der Waals surface area contributed by atoms with Crippen molar-refractivity contribution in [3.05, 3.63) is 28.7 Å². The average molecular weight is 322 g/mol. The third-order valence-electron chi connectivity index (χ3n) is 1.67. The van der Waals surface area contributed by atoms with Gasteiger partial charge in [-0.05, 0) is 24.3 Å². The summed E-state index contributed by atoms with van der Waals surface area (Å²) < 4.78 is 0.915. The van der Waals surface area contributed by atoms with Crippen molar-refractivity contribution < 1.29 is 9.90 Å². The summed E-state index contributed by atoms with van der Waals surface area (Å²) in [6.07, 6.45) is -1.19. The molecule has 1 rings (SSSR count). The number of carbonyl (C=O) groups is 1. The fourth-order valence-electron chi connectivity index (χ4n) is 1.03. The van der Waals surface area contributed by atoms with Crippen LogP contribution in [-0.2, 0) is 0 Å². The van der Waals surface area contributed by atoms with Gasteiger partial charge in [0.1, 0.15) is 6.09 Å². The molecule has 0 saturated carbocycles. The number of hydrogen-bond donors (Lipinski definition) is 0. The highest BCUT2D eigenvalue weighted by Crippen LogP contribution is 2.18. The van der Waals surface area contributed by atoms with Crippen LogP contribution >= 0.6 is 31.9 Å². The summed E-state index contributed by atoms with van der Waals surface area (Å²) >= 11 is 6.47. The molecule has 76 valence electrons. The van der Waals surface area contributed by atoms with Gasteiger partial charge in [0.2, 0.25) is 0 Å². The molecule has 0 unspecified atom stereocenters. The molecule has 0 fully saturated rings. The Morgan fingerprint density at radius 3 is 2.36 bits per heavy atom. The van der Waals surface area contributed by atoms with Crippen LogP contribution in [0.2, 0.25) is 0 Å². The predicted octanol–water partition coefficient (Wildman–Crippen LogP) is 1.99. The van der Waals surface area contributed by atoms with Crippen LogP contribution in [-0.4, -0.2) is 18.0 Å². The van der Waals surface area contributed by atoms with Gasteiger partial charge in [0.25, 0.3) is 0 Å². The highest BCUT2D eigenvalue weighted by atomic mass is 79.9. The van der Waals surface area contributed by atoms with Gasteiger partial charge >= 0.3 is 0 Å². The largest absolute Gasteiger partial charge is 0.530 e. The zero-order chi connectivity index (χ0) is 10.6. The smallest absolute Gasteiger partial charge is 0.141 e. The summed E-state index contributed by atoms with van der Waals surface area (Å²) in [6, 6.07) is 7.03. The molecule has 3 nitrogen and oxygen atoms in total. The Hall–Kier alpha value is -0.550. The van der Waals surface area contributed by atoms with Gasteiger partial charge < -0.3 is 14.8 Å². The van der Waals surface area contributed by atoms with E-state index in [0.29, 0.717) is 17.6 Å². The standard InChI is InChI=1S/C9H9Br2NO2/c10-5-6-12(9(13)14)8-3-1-7(11)2-4-8/h1-4H,5-6H2,(H,13,14)/p-1. The Balaban J connectivity index is 2.87. The molecule has 1 aromatic rings. The zero-order valence-corrected chi connectivity index (χ0v) is 10.4. The molecule has 1 amide bonds. The summed E-state index contributed by atoms with van der Waals surface area (Å²) in [5.74, 6) is 0. The number of anilines is 1. The molecule has 0 bridgehead atoms. The molecular weight excluding hydrogens is 314 g/mol. The molecule has 0 aromatic heterocycles. The van der Waals surface area contributed by atoms with Crippen LogP contribution in [0.1, 0.15) is 0 Å². The van der Waals surface area contributed by atoms with Crippen molar-refractivity contribution in [1.29, 1.82) is 0 Å². The molecule has 5 heteroatoms. The predicted molar refractivity (Wildman–Crippen MR) is 60.7 cm³/mol. The number of nitrogens with zero attached hydrogens (tertiary/aromatic N) is 1. The number of carboxylic acid groups (broad SMARTS) is 1. The highest BCUT2D eigenvalue weighted by Gasteiger charge is 2.05. The van der Waals surface area contributed by atoms with Crippen molar-refractivity contribution in [2.24, 2.45) is 0 Å². The van der Waals surface area contributed by atoms with E-state index in [1.54, 1.807) is 24.3 Å². The van der Waals surface area contributed by atoms with E-state index in [4.69, 9.17) is 0 Å². The lowest BCUT2D eigenvalue weighted by molar-refractivity contribution is -0.246. The van der Waals surface area contributed by atoms with Crippen molar-refractivity contribution in [3.8, 4) is 0 Å². The number of benzene rings is 1. The van der Waals surface area contributed by atoms with Gasteiger partial charge in [-0.3, -0.25) is 0 Å². The first-order valence-corrected chi connectivity index (χ1v) is 5.86. The van der Waals surface area contributed by atoms with E-state index in [9.17, 15) is 9.90 Å². The summed E-state index contributed by atoms with van der Waals surface area (Å²) in [5.41, 5.74) is 0.618. The van der Waals surface area contributed by atoms with Crippen LogP contribution in [0.5, 0.6) is 0 Å². The number of carbonyl (C=O) groups excluding carboxylic acids is 1. The molecule has 0 atom stereocenters. The van der Waals surface area contributed by atoms with Crippen molar-refractivity contribution in [2.75, 3.05) is 16.8 Å². The van der Waals surface area contributed by atoms with Crippen LogP contribution in [0.3, 0.4) is 0 Å². The van der Waals surface area contributed by atoms with E-state index in [2.05, 4.69) is 31.9 Å². The maximum Gasteiger partial charge on any atom is 0.141 e. The van der Waals surface area contributed by atoms with Crippen LogP contribution < -0.4 is 10.0 Å². The second kappa shape index (κ2) is 5.36. The lowest BCUT2D eigenvalue weighted by Gasteiger charge is -2.24. The summed E-state index contributed by atoms with van der Waals surface area (Å²) in [4.78, 5) is 11.9. The van der Waals surface area contributed by atoms with Crippen LogP contribution in [0.4, 0.5) is 10.5 Å². The number of alkyl halides is 1. The Morgan fingerprint density at radius 2 is 1.93 bits per heavy atom. The molecule has 0 aliphatic heterocycles.